The Morgan fingerprint density at radius 2 is 1.94 bits per heavy atom. The fourth-order valence-corrected chi connectivity index (χ4v) is 1.53. The highest BCUT2D eigenvalue weighted by Gasteiger charge is 1.98. The second-order valence-corrected chi connectivity index (χ2v) is 4.12. The lowest BCUT2D eigenvalue weighted by molar-refractivity contribution is 1.01. The third-order valence-corrected chi connectivity index (χ3v) is 2.70. The number of nitrogens with one attached hydrogen (secondary N) is 2. The van der Waals surface area contributed by atoms with E-state index in [1.54, 1.807) is 13.1 Å². The summed E-state index contributed by atoms with van der Waals surface area (Å²) >= 11 is 0. The van der Waals surface area contributed by atoms with Crippen LogP contribution in [0.1, 0.15) is 16.7 Å². The number of aromatic nitrogens is 2. The summed E-state index contributed by atoms with van der Waals surface area (Å²) in [4.78, 5) is 18.2. The second-order valence-electron chi connectivity index (χ2n) is 4.12. The largest absolute Gasteiger partial charge is 0.352 e. The molecule has 0 aliphatic carbocycles. The first-order valence-corrected chi connectivity index (χ1v) is 5.76. The Hall–Kier alpha value is -2.14. The third-order valence-electron chi connectivity index (χ3n) is 2.70. The van der Waals surface area contributed by atoms with Gasteiger partial charge in [0.1, 0.15) is 0 Å². The quantitative estimate of drug-likeness (QED) is 0.753. The highest BCUT2D eigenvalue weighted by Crippen LogP contribution is 2.05. The smallest absolute Gasteiger partial charge is 0.255 e. The van der Waals surface area contributed by atoms with Gasteiger partial charge in [-0.05, 0) is 18.1 Å². The molecular weight excluding hydrogens is 228 g/mol. The molecule has 0 atom stereocenters. The molecule has 2 aromatic rings. The van der Waals surface area contributed by atoms with Crippen LogP contribution >= 0.6 is 0 Å². The van der Waals surface area contributed by atoms with Gasteiger partial charge in [0.05, 0.1) is 0 Å². The number of rotatable bonds is 4. The van der Waals surface area contributed by atoms with Crippen molar-refractivity contribution >= 4 is 5.95 Å². The number of benzene rings is 1. The lowest BCUT2D eigenvalue weighted by Crippen LogP contribution is -2.14. The molecule has 1 aromatic carbocycles. The Morgan fingerprint density at radius 3 is 2.56 bits per heavy atom. The molecule has 5 heteroatoms. The summed E-state index contributed by atoms with van der Waals surface area (Å²) in [7, 11) is 0. The number of hydrogen-bond donors (Lipinski definition) is 3. The zero-order chi connectivity index (χ0) is 13.0. The molecule has 0 unspecified atom stereocenters. The molecule has 4 N–H and O–H groups in total. The monoisotopic (exact) mass is 244 g/mol. The van der Waals surface area contributed by atoms with E-state index in [1.807, 2.05) is 24.3 Å². The van der Waals surface area contributed by atoms with Crippen LogP contribution < -0.4 is 16.6 Å². The Morgan fingerprint density at radius 1 is 1.28 bits per heavy atom. The van der Waals surface area contributed by atoms with E-state index >= 15 is 0 Å². The molecule has 1 heterocycles. The first kappa shape index (κ1) is 12.3. The van der Waals surface area contributed by atoms with Gasteiger partial charge in [-0.3, -0.25) is 9.78 Å². The zero-order valence-electron chi connectivity index (χ0n) is 10.2. The molecule has 0 radical (unpaired) electrons. The summed E-state index contributed by atoms with van der Waals surface area (Å²) in [5.41, 5.74) is 8.22. The first-order valence-electron chi connectivity index (χ1n) is 5.76. The van der Waals surface area contributed by atoms with Crippen molar-refractivity contribution in [3.8, 4) is 0 Å². The predicted molar refractivity (Wildman–Crippen MR) is 71.3 cm³/mol. The number of H-pyrrole nitrogens is 1. The van der Waals surface area contributed by atoms with E-state index in [2.05, 4.69) is 15.3 Å². The molecule has 0 saturated carbocycles. The van der Waals surface area contributed by atoms with Crippen LogP contribution in [0.4, 0.5) is 5.95 Å². The normalized spacial score (nSPS) is 10.3. The fraction of sp³-hybridized carbons (Fsp3) is 0.231. The maximum Gasteiger partial charge on any atom is 0.255 e. The molecule has 0 fully saturated rings. The lowest BCUT2D eigenvalue weighted by Gasteiger charge is -2.06. The lowest BCUT2D eigenvalue weighted by atomic mass is 10.1. The van der Waals surface area contributed by atoms with Crippen molar-refractivity contribution in [2.24, 2.45) is 5.73 Å². The van der Waals surface area contributed by atoms with Crippen molar-refractivity contribution in [2.45, 2.75) is 20.0 Å². The maximum absolute atomic E-state index is 11.4. The minimum Gasteiger partial charge on any atom is -0.352 e. The van der Waals surface area contributed by atoms with E-state index in [0.717, 1.165) is 11.1 Å². The van der Waals surface area contributed by atoms with Crippen LogP contribution in [0, 0.1) is 6.92 Å². The molecule has 94 valence electrons. The number of hydrogen-bond acceptors (Lipinski definition) is 4. The van der Waals surface area contributed by atoms with E-state index in [0.29, 0.717) is 24.6 Å². The van der Waals surface area contributed by atoms with Crippen molar-refractivity contribution in [1.29, 1.82) is 0 Å². The third kappa shape index (κ3) is 2.95. The molecule has 0 amide bonds. The molecule has 2 rings (SSSR count). The van der Waals surface area contributed by atoms with Gasteiger partial charge in [-0.1, -0.05) is 24.3 Å². The first-order chi connectivity index (χ1) is 8.69. The molecular formula is C13H16N4O. The SMILES string of the molecule is Cc1cnc(NCc2ccc(CN)cc2)[nH]c1=O. The van der Waals surface area contributed by atoms with Gasteiger partial charge in [0, 0.05) is 24.8 Å². The number of aryl methyl sites for hydroxylation is 1. The van der Waals surface area contributed by atoms with Crippen molar-refractivity contribution < 1.29 is 0 Å². The summed E-state index contributed by atoms with van der Waals surface area (Å²) in [5, 5.41) is 3.07. The molecule has 0 saturated heterocycles. The van der Waals surface area contributed by atoms with Gasteiger partial charge in [0.15, 0.2) is 0 Å². The van der Waals surface area contributed by atoms with Gasteiger partial charge in [0.2, 0.25) is 5.95 Å². The molecule has 5 nitrogen and oxygen atoms in total. The van der Waals surface area contributed by atoms with Crippen LogP contribution in [0.2, 0.25) is 0 Å². The molecule has 1 aromatic heterocycles. The predicted octanol–water partition coefficient (Wildman–Crippen LogP) is 1.15. The van der Waals surface area contributed by atoms with Gasteiger partial charge in [-0.15, -0.1) is 0 Å². The highest BCUT2D eigenvalue weighted by molar-refractivity contribution is 5.29. The molecule has 0 spiro atoms. The topological polar surface area (TPSA) is 83.8 Å². The Bertz CT molecular complexity index is 574. The van der Waals surface area contributed by atoms with Crippen LogP contribution in [-0.4, -0.2) is 9.97 Å². The van der Waals surface area contributed by atoms with Gasteiger partial charge in [0.25, 0.3) is 5.56 Å². The second kappa shape index (κ2) is 5.46. The minimum atomic E-state index is -0.119. The van der Waals surface area contributed by atoms with E-state index in [4.69, 9.17) is 5.73 Å². The van der Waals surface area contributed by atoms with Gasteiger partial charge >= 0.3 is 0 Å². The van der Waals surface area contributed by atoms with Gasteiger partial charge in [-0.2, -0.15) is 0 Å². The Kier molecular flexibility index (Phi) is 3.74. The Labute approximate surface area is 105 Å². The van der Waals surface area contributed by atoms with Crippen LogP contribution in [0.25, 0.3) is 0 Å². The molecule has 0 bridgehead atoms. The van der Waals surface area contributed by atoms with Gasteiger partial charge < -0.3 is 11.1 Å². The highest BCUT2D eigenvalue weighted by atomic mass is 16.1. The van der Waals surface area contributed by atoms with E-state index in [9.17, 15) is 4.79 Å². The summed E-state index contributed by atoms with van der Waals surface area (Å²) in [6, 6.07) is 7.98. The van der Waals surface area contributed by atoms with Gasteiger partial charge in [-0.25, -0.2) is 4.98 Å². The zero-order valence-corrected chi connectivity index (χ0v) is 10.2. The average Bonchev–Trinajstić information content (AvgIpc) is 2.41. The average molecular weight is 244 g/mol. The van der Waals surface area contributed by atoms with Crippen molar-refractivity contribution in [3.63, 3.8) is 0 Å². The number of anilines is 1. The molecule has 0 aliphatic rings. The molecule has 18 heavy (non-hydrogen) atoms. The summed E-state index contributed by atoms with van der Waals surface area (Å²) in [5.74, 6) is 0.480. The van der Waals surface area contributed by atoms with Crippen molar-refractivity contribution in [1.82, 2.24) is 9.97 Å². The number of nitrogens with two attached hydrogens (primary N) is 1. The standard InChI is InChI=1S/C13H16N4O/c1-9-7-15-13(17-12(9)18)16-8-11-4-2-10(6-14)3-5-11/h2-5,7H,6,8,14H2,1H3,(H2,15,16,17,18). The van der Waals surface area contributed by atoms with E-state index < -0.39 is 0 Å². The maximum atomic E-state index is 11.4. The summed E-state index contributed by atoms with van der Waals surface area (Å²) < 4.78 is 0. The molecule has 0 aliphatic heterocycles. The van der Waals surface area contributed by atoms with Crippen LogP contribution in [-0.2, 0) is 13.1 Å². The van der Waals surface area contributed by atoms with E-state index in [-0.39, 0.29) is 5.56 Å². The van der Waals surface area contributed by atoms with Crippen LogP contribution in [0.5, 0.6) is 0 Å². The summed E-state index contributed by atoms with van der Waals surface area (Å²) in [6.45, 7) is 2.87. The summed E-state index contributed by atoms with van der Waals surface area (Å²) in [6.07, 6.45) is 1.55. The Balaban J connectivity index is 2.02. The van der Waals surface area contributed by atoms with E-state index in [1.165, 1.54) is 0 Å². The van der Waals surface area contributed by atoms with Crippen LogP contribution in [0.15, 0.2) is 35.3 Å². The number of aromatic amines is 1. The fourth-order valence-electron chi connectivity index (χ4n) is 1.53. The number of nitrogens with zero attached hydrogens (tertiary/aromatic N) is 1. The van der Waals surface area contributed by atoms with Crippen molar-refractivity contribution in [3.05, 3.63) is 57.5 Å². The minimum absolute atomic E-state index is 0.119. The van der Waals surface area contributed by atoms with Crippen LogP contribution in [0.3, 0.4) is 0 Å². The van der Waals surface area contributed by atoms with Crippen molar-refractivity contribution in [2.75, 3.05) is 5.32 Å².